The van der Waals surface area contributed by atoms with Crippen LogP contribution in [0.5, 0.6) is 0 Å². The van der Waals surface area contributed by atoms with E-state index in [-0.39, 0.29) is 24.1 Å². The van der Waals surface area contributed by atoms with Gasteiger partial charge in [0.1, 0.15) is 6.54 Å². The molecular formula is C22H30N6O4. The zero-order valence-electron chi connectivity index (χ0n) is 18.8. The first kappa shape index (κ1) is 24.6. The Hall–Kier alpha value is -3.69. The summed E-state index contributed by atoms with van der Waals surface area (Å²) < 4.78 is 0. The summed E-state index contributed by atoms with van der Waals surface area (Å²) in [5.74, 6) is -0.760. The van der Waals surface area contributed by atoms with Gasteiger partial charge < -0.3 is 26.4 Å². The van der Waals surface area contributed by atoms with E-state index in [9.17, 15) is 14.4 Å². The van der Waals surface area contributed by atoms with Crippen LogP contribution >= 0.6 is 0 Å². The Balaban J connectivity index is 2.15. The van der Waals surface area contributed by atoms with E-state index < -0.39 is 12.0 Å². The van der Waals surface area contributed by atoms with E-state index in [1.54, 1.807) is 0 Å². The van der Waals surface area contributed by atoms with Crippen LogP contribution in [0.3, 0.4) is 0 Å². The molecule has 0 radical (unpaired) electrons. The number of anilines is 2. The molecule has 1 heterocycles. The Morgan fingerprint density at radius 2 is 1.81 bits per heavy atom. The van der Waals surface area contributed by atoms with Crippen molar-refractivity contribution in [3.05, 3.63) is 46.9 Å². The highest BCUT2D eigenvalue weighted by Crippen LogP contribution is 2.24. The zero-order chi connectivity index (χ0) is 23.8. The average molecular weight is 443 g/mol. The maximum absolute atomic E-state index is 11.9. The quantitative estimate of drug-likeness (QED) is 0.441. The molecule has 0 aliphatic heterocycles. The SMILES string of the molecule is CCc1nc(Nc2cccc([C@H](C)CNC(=O)CN(C)C(=O)O)c2)c(C(N)=O)nc1CC. The molecule has 32 heavy (non-hydrogen) atoms. The van der Waals surface area contributed by atoms with E-state index in [2.05, 4.69) is 20.6 Å². The number of primary amides is 1. The summed E-state index contributed by atoms with van der Waals surface area (Å²) in [6.07, 6.45) is 0.165. The minimum Gasteiger partial charge on any atom is -0.465 e. The van der Waals surface area contributed by atoms with Crippen molar-refractivity contribution in [2.24, 2.45) is 5.73 Å². The van der Waals surface area contributed by atoms with Gasteiger partial charge in [-0.15, -0.1) is 0 Å². The van der Waals surface area contributed by atoms with Crippen LogP contribution in [0, 0.1) is 0 Å². The first-order valence-corrected chi connectivity index (χ1v) is 10.4. The fourth-order valence-corrected chi connectivity index (χ4v) is 3.11. The molecule has 10 heteroatoms. The molecule has 1 aromatic heterocycles. The standard InChI is InChI=1S/C22H30N6O4/c1-5-16-17(6-2)27-21(19(26-16)20(23)30)25-15-9-7-8-14(10-15)13(3)11-24-18(29)12-28(4)22(31)32/h7-10,13H,5-6,11-12H2,1-4H3,(H2,23,30)(H,24,29)(H,25,27)(H,31,32)/t13-/m1/s1. The van der Waals surface area contributed by atoms with Gasteiger partial charge in [-0.05, 0) is 36.5 Å². The summed E-state index contributed by atoms with van der Waals surface area (Å²) in [6.45, 7) is 5.98. The van der Waals surface area contributed by atoms with Gasteiger partial charge in [-0.1, -0.05) is 32.9 Å². The highest BCUT2D eigenvalue weighted by Gasteiger charge is 2.17. The number of nitrogens with one attached hydrogen (secondary N) is 2. The Bertz CT molecular complexity index is 994. The average Bonchev–Trinajstić information content (AvgIpc) is 2.76. The van der Waals surface area contributed by atoms with E-state index in [1.165, 1.54) is 7.05 Å². The molecule has 0 saturated heterocycles. The van der Waals surface area contributed by atoms with Crippen molar-refractivity contribution in [2.45, 2.75) is 39.5 Å². The lowest BCUT2D eigenvalue weighted by molar-refractivity contribution is -0.121. The van der Waals surface area contributed by atoms with E-state index >= 15 is 0 Å². The number of carbonyl (C=O) groups is 3. The minimum absolute atomic E-state index is 0.0359. The van der Waals surface area contributed by atoms with Gasteiger partial charge in [0.2, 0.25) is 5.91 Å². The second-order valence-corrected chi connectivity index (χ2v) is 7.48. The van der Waals surface area contributed by atoms with Crippen molar-refractivity contribution in [1.29, 1.82) is 0 Å². The number of benzene rings is 1. The Labute approximate surface area is 187 Å². The van der Waals surface area contributed by atoms with Gasteiger partial charge in [-0.3, -0.25) is 9.59 Å². The summed E-state index contributed by atoms with van der Waals surface area (Å²) in [6, 6.07) is 7.50. The fourth-order valence-electron chi connectivity index (χ4n) is 3.11. The van der Waals surface area contributed by atoms with Gasteiger partial charge >= 0.3 is 6.09 Å². The topological polar surface area (TPSA) is 151 Å². The van der Waals surface area contributed by atoms with Crippen molar-refractivity contribution in [3.63, 3.8) is 0 Å². The molecule has 0 aliphatic rings. The summed E-state index contributed by atoms with van der Waals surface area (Å²) in [4.78, 5) is 44.6. The molecule has 3 amide bonds. The zero-order valence-corrected chi connectivity index (χ0v) is 18.8. The number of aromatic nitrogens is 2. The molecule has 5 N–H and O–H groups in total. The second-order valence-electron chi connectivity index (χ2n) is 7.48. The molecule has 10 nitrogen and oxygen atoms in total. The number of carbonyl (C=O) groups excluding carboxylic acids is 2. The number of nitrogens with two attached hydrogens (primary N) is 1. The summed E-state index contributed by atoms with van der Waals surface area (Å²) in [5.41, 5.74) is 8.81. The van der Waals surface area contributed by atoms with Crippen LogP contribution in [0.15, 0.2) is 24.3 Å². The predicted octanol–water partition coefficient (Wildman–Crippen LogP) is 2.27. The van der Waals surface area contributed by atoms with Gasteiger partial charge in [-0.2, -0.15) is 0 Å². The summed E-state index contributed by atoms with van der Waals surface area (Å²) in [7, 11) is 1.33. The van der Waals surface area contributed by atoms with Crippen molar-refractivity contribution in [3.8, 4) is 0 Å². The first-order chi connectivity index (χ1) is 15.2. The molecule has 172 valence electrons. The lowest BCUT2D eigenvalue weighted by atomic mass is 10.0. The third-order valence-corrected chi connectivity index (χ3v) is 4.99. The van der Waals surface area contributed by atoms with Crippen LogP contribution in [0.4, 0.5) is 16.3 Å². The van der Waals surface area contributed by atoms with Gasteiger partial charge in [0.15, 0.2) is 11.5 Å². The van der Waals surface area contributed by atoms with Gasteiger partial charge in [0.05, 0.1) is 11.4 Å². The van der Waals surface area contributed by atoms with E-state index in [1.807, 2.05) is 45.0 Å². The molecule has 1 atom stereocenters. The number of nitrogens with zero attached hydrogens (tertiary/aromatic N) is 3. The van der Waals surface area contributed by atoms with Crippen LogP contribution in [0.25, 0.3) is 0 Å². The van der Waals surface area contributed by atoms with E-state index in [4.69, 9.17) is 10.8 Å². The number of carboxylic acid groups (broad SMARTS) is 1. The van der Waals surface area contributed by atoms with Gasteiger partial charge in [0, 0.05) is 19.3 Å². The minimum atomic E-state index is -1.16. The predicted molar refractivity (Wildman–Crippen MR) is 121 cm³/mol. The normalized spacial score (nSPS) is 11.5. The number of amides is 3. The number of hydrogen-bond donors (Lipinski definition) is 4. The van der Waals surface area contributed by atoms with E-state index in [0.29, 0.717) is 30.9 Å². The fraction of sp³-hybridized carbons (Fsp3) is 0.409. The highest BCUT2D eigenvalue weighted by molar-refractivity contribution is 5.96. The Morgan fingerprint density at radius 1 is 1.16 bits per heavy atom. The monoisotopic (exact) mass is 442 g/mol. The first-order valence-electron chi connectivity index (χ1n) is 10.4. The van der Waals surface area contributed by atoms with Crippen LogP contribution < -0.4 is 16.4 Å². The van der Waals surface area contributed by atoms with Crippen molar-refractivity contribution < 1.29 is 19.5 Å². The number of aryl methyl sites for hydroxylation is 2. The summed E-state index contributed by atoms with van der Waals surface area (Å²) >= 11 is 0. The molecule has 0 fully saturated rings. The molecule has 0 spiro atoms. The largest absolute Gasteiger partial charge is 0.465 e. The number of rotatable bonds is 10. The van der Waals surface area contributed by atoms with Crippen LogP contribution in [-0.4, -0.2) is 58.0 Å². The van der Waals surface area contributed by atoms with Gasteiger partial charge in [-0.25, -0.2) is 14.8 Å². The van der Waals surface area contributed by atoms with Crippen LogP contribution in [0.2, 0.25) is 0 Å². The molecule has 0 bridgehead atoms. The third-order valence-electron chi connectivity index (χ3n) is 4.99. The molecule has 0 saturated carbocycles. The molecule has 1 aromatic carbocycles. The lowest BCUT2D eigenvalue weighted by Crippen LogP contribution is -2.38. The van der Waals surface area contributed by atoms with Crippen molar-refractivity contribution in [1.82, 2.24) is 20.2 Å². The Morgan fingerprint density at radius 3 is 2.41 bits per heavy atom. The van der Waals surface area contributed by atoms with Crippen LogP contribution in [0.1, 0.15) is 54.1 Å². The Kier molecular flexibility index (Phi) is 8.51. The van der Waals surface area contributed by atoms with Crippen LogP contribution in [-0.2, 0) is 17.6 Å². The maximum Gasteiger partial charge on any atom is 0.407 e. The smallest absolute Gasteiger partial charge is 0.407 e. The highest BCUT2D eigenvalue weighted by atomic mass is 16.4. The van der Waals surface area contributed by atoms with Crippen molar-refractivity contribution >= 4 is 29.4 Å². The third kappa shape index (κ3) is 6.40. The number of hydrogen-bond acceptors (Lipinski definition) is 6. The molecule has 2 aromatic rings. The molecule has 0 aliphatic carbocycles. The van der Waals surface area contributed by atoms with E-state index in [0.717, 1.165) is 21.9 Å². The lowest BCUT2D eigenvalue weighted by Gasteiger charge is -2.17. The van der Waals surface area contributed by atoms with Gasteiger partial charge in [0.25, 0.3) is 5.91 Å². The second kappa shape index (κ2) is 11.1. The van der Waals surface area contributed by atoms with Crippen molar-refractivity contribution in [2.75, 3.05) is 25.5 Å². The summed E-state index contributed by atoms with van der Waals surface area (Å²) in [5, 5.41) is 14.7. The molecule has 0 unspecified atom stereocenters. The number of likely N-dealkylation sites (N-methyl/N-ethyl adjacent to an activating group) is 1. The molecular weight excluding hydrogens is 412 g/mol. The molecule has 2 rings (SSSR count). The maximum atomic E-state index is 11.9.